The summed E-state index contributed by atoms with van der Waals surface area (Å²) in [6, 6.07) is 8.46. The fourth-order valence-electron chi connectivity index (χ4n) is 4.44. The van der Waals surface area contributed by atoms with E-state index in [0.29, 0.717) is 18.6 Å². The van der Waals surface area contributed by atoms with Gasteiger partial charge in [0.2, 0.25) is 5.95 Å². The molecule has 31 heavy (non-hydrogen) atoms. The van der Waals surface area contributed by atoms with Gasteiger partial charge in [0.25, 0.3) is 0 Å². The zero-order valence-electron chi connectivity index (χ0n) is 18.6. The molecule has 0 spiro atoms. The van der Waals surface area contributed by atoms with Gasteiger partial charge >= 0.3 is 0 Å². The second-order valence-electron chi connectivity index (χ2n) is 8.50. The number of nitrogens with zero attached hydrogens (tertiary/aromatic N) is 3. The lowest BCUT2D eigenvalue weighted by Crippen LogP contribution is -2.23. The Morgan fingerprint density at radius 2 is 1.90 bits per heavy atom. The van der Waals surface area contributed by atoms with Gasteiger partial charge < -0.3 is 25.0 Å². The van der Waals surface area contributed by atoms with Crippen LogP contribution in [0.15, 0.2) is 30.5 Å². The van der Waals surface area contributed by atoms with Crippen LogP contribution in [-0.2, 0) is 11.3 Å². The Balaban J connectivity index is 1.34. The SMILES string of the molecule is COc1ccc(Nc2nccc(NC3CCCCC3)n2)cc1COCCN1CCCC1. The molecule has 168 valence electrons. The second kappa shape index (κ2) is 11.3. The maximum atomic E-state index is 5.94. The average Bonchev–Trinajstić information content (AvgIpc) is 3.31. The largest absolute Gasteiger partial charge is 0.496 e. The lowest BCUT2D eigenvalue weighted by molar-refractivity contribution is 0.0978. The zero-order chi connectivity index (χ0) is 21.3. The topological polar surface area (TPSA) is 71.5 Å². The summed E-state index contributed by atoms with van der Waals surface area (Å²) in [6.07, 6.45) is 10.8. The third-order valence-corrected chi connectivity index (χ3v) is 6.16. The van der Waals surface area contributed by atoms with E-state index in [1.165, 1.54) is 58.0 Å². The van der Waals surface area contributed by atoms with E-state index in [0.717, 1.165) is 36.0 Å². The number of hydrogen-bond acceptors (Lipinski definition) is 7. The molecule has 0 unspecified atom stereocenters. The van der Waals surface area contributed by atoms with Crippen LogP contribution in [0.2, 0.25) is 0 Å². The molecule has 2 aliphatic rings. The number of rotatable bonds is 10. The minimum Gasteiger partial charge on any atom is -0.496 e. The highest BCUT2D eigenvalue weighted by atomic mass is 16.5. The number of methoxy groups -OCH3 is 1. The van der Waals surface area contributed by atoms with Crippen molar-refractivity contribution < 1.29 is 9.47 Å². The molecule has 2 fully saturated rings. The lowest BCUT2D eigenvalue weighted by atomic mass is 9.95. The van der Waals surface area contributed by atoms with Crippen LogP contribution in [0.1, 0.15) is 50.5 Å². The van der Waals surface area contributed by atoms with E-state index in [1.807, 2.05) is 18.2 Å². The molecule has 1 saturated carbocycles. The van der Waals surface area contributed by atoms with Gasteiger partial charge in [0, 0.05) is 30.0 Å². The molecule has 1 aliphatic carbocycles. The standard InChI is InChI=1S/C24H35N5O2/c1-30-22-10-9-21(17-19(22)18-31-16-15-29-13-5-6-14-29)27-24-25-12-11-23(28-24)26-20-7-3-2-4-8-20/h9-12,17,20H,2-8,13-16,18H2,1H3,(H2,25,26,27,28). The maximum Gasteiger partial charge on any atom is 0.229 e. The molecule has 0 atom stereocenters. The highest BCUT2D eigenvalue weighted by Crippen LogP contribution is 2.26. The van der Waals surface area contributed by atoms with Gasteiger partial charge in [0.05, 0.1) is 20.3 Å². The molecule has 2 N–H and O–H groups in total. The van der Waals surface area contributed by atoms with Crippen LogP contribution >= 0.6 is 0 Å². The van der Waals surface area contributed by atoms with Crippen LogP contribution in [0.5, 0.6) is 5.75 Å². The van der Waals surface area contributed by atoms with Crippen molar-refractivity contribution in [2.45, 2.75) is 57.6 Å². The van der Waals surface area contributed by atoms with E-state index in [-0.39, 0.29) is 0 Å². The van der Waals surface area contributed by atoms with Crippen molar-refractivity contribution in [1.29, 1.82) is 0 Å². The molecule has 4 rings (SSSR count). The molecule has 2 aromatic rings. The van der Waals surface area contributed by atoms with Gasteiger partial charge in [-0.05, 0) is 63.0 Å². The third-order valence-electron chi connectivity index (χ3n) is 6.16. The van der Waals surface area contributed by atoms with Gasteiger partial charge in [-0.15, -0.1) is 0 Å². The molecule has 7 heteroatoms. The summed E-state index contributed by atoms with van der Waals surface area (Å²) in [7, 11) is 1.69. The van der Waals surface area contributed by atoms with E-state index >= 15 is 0 Å². The Morgan fingerprint density at radius 1 is 1.06 bits per heavy atom. The summed E-state index contributed by atoms with van der Waals surface area (Å²) >= 11 is 0. The molecule has 0 radical (unpaired) electrons. The van der Waals surface area contributed by atoms with Crippen molar-refractivity contribution in [3.63, 3.8) is 0 Å². The molecule has 1 saturated heterocycles. The number of aromatic nitrogens is 2. The molecule has 1 aromatic carbocycles. The first-order valence-electron chi connectivity index (χ1n) is 11.6. The van der Waals surface area contributed by atoms with E-state index in [2.05, 4.69) is 31.6 Å². The molecule has 1 aromatic heterocycles. The molecule has 7 nitrogen and oxygen atoms in total. The molecular formula is C24H35N5O2. The van der Waals surface area contributed by atoms with Crippen molar-refractivity contribution >= 4 is 17.5 Å². The Bertz CT molecular complexity index is 819. The minimum atomic E-state index is 0.516. The van der Waals surface area contributed by atoms with Gasteiger partial charge in [0.1, 0.15) is 11.6 Å². The van der Waals surface area contributed by atoms with Crippen molar-refractivity contribution in [2.75, 3.05) is 44.0 Å². The first kappa shape index (κ1) is 21.8. The van der Waals surface area contributed by atoms with Crippen molar-refractivity contribution in [1.82, 2.24) is 14.9 Å². The summed E-state index contributed by atoms with van der Waals surface area (Å²) in [5.41, 5.74) is 1.94. The monoisotopic (exact) mass is 425 g/mol. The normalized spacial score (nSPS) is 17.6. The van der Waals surface area contributed by atoms with Crippen LogP contribution in [0.25, 0.3) is 0 Å². The van der Waals surface area contributed by atoms with E-state index in [4.69, 9.17) is 9.47 Å². The smallest absolute Gasteiger partial charge is 0.229 e. The van der Waals surface area contributed by atoms with Gasteiger partial charge in [0.15, 0.2) is 0 Å². The van der Waals surface area contributed by atoms with Gasteiger partial charge in [-0.2, -0.15) is 4.98 Å². The minimum absolute atomic E-state index is 0.516. The van der Waals surface area contributed by atoms with Gasteiger partial charge in [-0.1, -0.05) is 19.3 Å². The molecule has 2 heterocycles. The van der Waals surface area contributed by atoms with Crippen molar-refractivity contribution in [3.05, 3.63) is 36.0 Å². The highest BCUT2D eigenvalue weighted by Gasteiger charge is 2.14. The van der Waals surface area contributed by atoms with Crippen LogP contribution in [0.3, 0.4) is 0 Å². The molecule has 1 aliphatic heterocycles. The van der Waals surface area contributed by atoms with Crippen molar-refractivity contribution in [2.24, 2.45) is 0 Å². The Kier molecular flexibility index (Phi) is 7.96. The van der Waals surface area contributed by atoms with Crippen molar-refractivity contribution in [3.8, 4) is 5.75 Å². The van der Waals surface area contributed by atoms with Crippen LogP contribution in [0, 0.1) is 0 Å². The Labute approximate surface area is 185 Å². The third kappa shape index (κ3) is 6.55. The summed E-state index contributed by atoms with van der Waals surface area (Å²) in [4.78, 5) is 11.5. The number of benzene rings is 1. The highest BCUT2D eigenvalue weighted by molar-refractivity contribution is 5.58. The fraction of sp³-hybridized carbons (Fsp3) is 0.583. The van der Waals surface area contributed by atoms with E-state index in [9.17, 15) is 0 Å². The lowest BCUT2D eigenvalue weighted by Gasteiger charge is -2.23. The zero-order valence-corrected chi connectivity index (χ0v) is 18.6. The van der Waals surface area contributed by atoms with Crippen LogP contribution in [-0.4, -0.2) is 54.3 Å². The first-order chi connectivity index (χ1) is 15.3. The second-order valence-corrected chi connectivity index (χ2v) is 8.50. The van der Waals surface area contributed by atoms with Gasteiger partial charge in [-0.3, -0.25) is 0 Å². The van der Waals surface area contributed by atoms with E-state index in [1.54, 1.807) is 13.3 Å². The first-order valence-corrected chi connectivity index (χ1v) is 11.6. The summed E-state index contributed by atoms with van der Waals surface area (Å²) in [6.45, 7) is 4.64. The number of likely N-dealkylation sites (tertiary alicyclic amines) is 1. The molecule has 0 amide bonds. The summed E-state index contributed by atoms with van der Waals surface area (Å²) < 4.78 is 11.5. The Hall–Kier alpha value is -2.38. The quantitative estimate of drug-likeness (QED) is 0.540. The summed E-state index contributed by atoms with van der Waals surface area (Å²) in [5, 5.41) is 6.89. The molecular weight excluding hydrogens is 390 g/mol. The average molecular weight is 426 g/mol. The van der Waals surface area contributed by atoms with Crippen LogP contribution < -0.4 is 15.4 Å². The Morgan fingerprint density at radius 3 is 2.71 bits per heavy atom. The van der Waals surface area contributed by atoms with E-state index < -0.39 is 0 Å². The number of ether oxygens (including phenoxy) is 2. The predicted molar refractivity (Wildman–Crippen MR) is 124 cm³/mol. The summed E-state index contributed by atoms with van der Waals surface area (Å²) in [5.74, 6) is 2.30. The van der Waals surface area contributed by atoms with Gasteiger partial charge in [-0.25, -0.2) is 4.98 Å². The number of hydrogen-bond donors (Lipinski definition) is 2. The van der Waals surface area contributed by atoms with Crippen LogP contribution in [0.4, 0.5) is 17.5 Å². The molecule has 0 bridgehead atoms. The number of anilines is 3. The number of nitrogens with one attached hydrogen (secondary N) is 2. The maximum absolute atomic E-state index is 5.94. The predicted octanol–water partition coefficient (Wildman–Crippen LogP) is 4.59. The fourth-order valence-corrected chi connectivity index (χ4v) is 4.44.